The zero-order valence-electron chi connectivity index (χ0n) is 11.3. The maximum Gasteiger partial charge on any atom is 0.199 e. The number of ether oxygens (including phenoxy) is 1. The molecule has 2 aromatic carbocycles. The van der Waals surface area contributed by atoms with Crippen molar-refractivity contribution in [3.8, 4) is 0 Å². The molecule has 2 rings (SSSR count). The highest BCUT2D eigenvalue weighted by Gasteiger charge is 2.13. The van der Waals surface area contributed by atoms with Crippen LogP contribution in [0, 0.1) is 0 Å². The van der Waals surface area contributed by atoms with Gasteiger partial charge in [0.1, 0.15) is 0 Å². The van der Waals surface area contributed by atoms with Crippen LogP contribution in [0.5, 0.6) is 0 Å². The van der Waals surface area contributed by atoms with E-state index < -0.39 is 0 Å². The topological polar surface area (TPSA) is 26.3 Å². The van der Waals surface area contributed by atoms with Gasteiger partial charge in [-0.2, -0.15) is 0 Å². The molecule has 0 aliphatic rings. The first kappa shape index (κ1) is 14.6. The summed E-state index contributed by atoms with van der Waals surface area (Å²) >= 11 is 1.46. The molecule has 0 N–H and O–H groups in total. The molecular formula is C17H16O2S. The van der Waals surface area contributed by atoms with Gasteiger partial charge in [0.15, 0.2) is 5.78 Å². The van der Waals surface area contributed by atoms with Crippen molar-refractivity contribution in [1.82, 2.24) is 0 Å². The Morgan fingerprint density at radius 1 is 1.05 bits per heavy atom. The molecule has 0 saturated carbocycles. The fourth-order valence-electron chi connectivity index (χ4n) is 1.69. The zero-order valence-corrected chi connectivity index (χ0v) is 12.1. The van der Waals surface area contributed by atoms with E-state index in [0.717, 1.165) is 4.90 Å². The molecule has 0 unspecified atom stereocenters. The molecule has 0 aliphatic carbocycles. The minimum absolute atomic E-state index is 0.0245. The van der Waals surface area contributed by atoms with E-state index in [9.17, 15) is 4.79 Å². The summed E-state index contributed by atoms with van der Waals surface area (Å²) in [5.74, 6) is 0.0245. The van der Waals surface area contributed by atoms with Crippen LogP contribution in [0.1, 0.15) is 10.4 Å². The Morgan fingerprint density at radius 2 is 1.65 bits per heavy atom. The number of carbonyl (C=O) groups excluding carboxylic acids is 1. The van der Waals surface area contributed by atoms with Gasteiger partial charge in [-0.15, -0.1) is 0 Å². The number of methoxy groups -OCH3 is 1. The number of ketones is 1. The van der Waals surface area contributed by atoms with E-state index >= 15 is 0 Å². The summed E-state index contributed by atoms with van der Waals surface area (Å²) in [6, 6.07) is 19.2. The van der Waals surface area contributed by atoms with Crippen LogP contribution < -0.4 is 0 Å². The average Bonchev–Trinajstić information content (AvgIpc) is 2.52. The lowest BCUT2D eigenvalue weighted by Crippen LogP contribution is -2.02. The van der Waals surface area contributed by atoms with Gasteiger partial charge in [0.25, 0.3) is 0 Å². The first-order valence-corrected chi connectivity index (χ1v) is 7.14. The van der Waals surface area contributed by atoms with Crippen LogP contribution in [0.4, 0.5) is 0 Å². The molecule has 2 aromatic rings. The number of hydrogen-bond acceptors (Lipinski definition) is 3. The Labute approximate surface area is 123 Å². The summed E-state index contributed by atoms with van der Waals surface area (Å²) in [6.07, 6.45) is 1.83. The van der Waals surface area contributed by atoms with Crippen LogP contribution in [0.3, 0.4) is 0 Å². The first-order valence-electron chi connectivity index (χ1n) is 6.33. The molecule has 2 nitrogen and oxygen atoms in total. The van der Waals surface area contributed by atoms with Crippen molar-refractivity contribution >= 4 is 17.5 Å². The van der Waals surface area contributed by atoms with Crippen molar-refractivity contribution in [3.63, 3.8) is 0 Å². The van der Waals surface area contributed by atoms with Crippen LogP contribution in [0.15, 0.2) is 76.5 Å². The van der Waals surface area contributed by atoms with Gasteiger partial charge in [0.05, 0.1) is 11.5 Å². The van der Waals surface area contributed by atoms with Gasteiger partial charge in [0, 0.05) is 17.6 Å². The molecule has 0 radical (unpaired) electrons. The molecule has 102 valence electrons. The van der Waals surface area contributed by atoms with Crippen LogP contribution >= 0.6 is 11.8 Å². The van der Waals surface area contributed by atoms with E-state index in [4.69, 9.17) is 4.74 Å². The molecule has 0 amide bonds. The van der Waals surface area contributed by atoms with Gasteiger partial charge in [-0.25, -0.2) is 0 Å². The second-order valence-electron chi connectivity index (χ2n) is 4.13. The largest absolute Gasteiger partial charge is 0.381 e. The number of thioether (sulfide) groups is 1. The smallest absolute Gasteiger partial charge is 0.199 e. The van der Waals surface area contributed by atoms with Gasteiger partial charge in [-0.05, 0) is 18.2 Å². The fourth-order valence-corrected chi connectivity index (χ4v) is 2.60. The molecule has 20 heavy (non-hydrogen) atoms. The molecule has 0 bridgehead atoms. The van der Waals surface area contributed by atoms with Crippen LogP contribution in [0.25, 0.3) is 0 Å². The van der Waals surface area contributed by atoms with Gasteiger partial charge in [0.2, 0.25) is 0 Å². The normalized spacial score (nSPS) is 11.3. The fraction of sp³-hybridized carbons (Fsp3) is 0.118. The van der Waals surface area contributed by atoms with Crippen molar-refractivity contribution in [3.05, 3.63) is 77.2 Å². The third-order valence-corrected chi connectivity index (χ3v) is 3.75. The highest BCUT2D eigenvalue weighted by atomic mass is 32.2. The molecule has 0 saturated heterocycles. The monoisotopic (exact) mass is 284 g/mol. The lowest BCUT2D eigenvalue weighted by molar-refractivity contribution is 0.104. The van der Waals surface area contributed by atoms with Crippen LogP contribution in [0.2, 0.25) is 0 Å². The maximum absolute atomic E-state index is 12.5. The van der Waals surface area contributed by atoms with Crippen molar-refractivity contribution in [2.24, 2.45) is 0 Å². The van der Waals surface area contributed by atoms with Crippen molar-refractivity contribution < 1.29 is 9.53 Å². The third-order valence-electron chi connectivity index (χ3n) is 2.67. The Morgan fingerprint density at radius 3 is 2.25 bits per heavy atom. The van der Waals surface area contributed by atoms with Gasteiger partial charge in [-0.3, -0.25) is 4.79 Å². The Hall–Kier alpha value is -1.84. The van der Waals surface area contributed by atoms with E-state index in [-0.39, 0.29) is 5.78 Å². The predicted octanol–water partition coefficient (Wildman–Crippen LogP) is 4.19. The third kappa shape index (κ3) is 4.08. The molecule has 0 aromatic heterocycles. The molecule has 0 spiro atoms. The minimum atomic E-state index is 0.0245. The SMILES string of the molecule is COC/C=C(\Sc1ccccc1)C(=O)c1ccccc1. The highest BCUT2D eigenvalue weighted by molar-refractivity contribution is 8.04. The van der Waals surface area contributed by atoms with Gasteiger partial charge >= 0.3 is 0 Å². The summed E-state index contributed by atoms with van der Waals surface area (Å²) in [6.45, 7) is 0.424. The van der Waals surface area contributed by atoms with E-state index in [1.807, 2.05) is 66.7 Å². The van der Waals surface area contributed by atoms with E-state index in [0.29, 0.717) is 17.1 Å². The summed E-state index contributed by atoms with van der Waals surface area (Å²) in [7, 11) is 1.62. The molecular weight excluding hydrogens is 268 g/mol. The highest BCUT2D eigenvalue weighted by Crippen LogP contribution is 2.28. The number of carbonyl (C=O) groups is 1. The van der Waals surface area contributed by atoms with Crippen LogP contribution in [-0.2, 0) is 4.74 Å². The maximum atomic E-state index is 12.5. The van der Waals surface area contributed by atoms with E-state index in [2.05, 4.69) is 0 Å². The lowest BCUT2D eigenvalue weighted by atomic mass is 10.1. The van der Waals surface area contributed by atoms with E-state index in [1.54, 1.807) is 7.11 Å². The summed E-state index contributed by atoms with van der Waals surface area (Å²) < 4.78 is 5.05. The summed E-state index contributed by atoms with van der Waals surface area (Å²) in [5, 5.41) is 0. The molecule has 0 heterocycles. The standard InChI is InChI=1S/C17H16O2S/c1-19-13-12-16(20-15-10-6-3-7-11-15)17(18)14-8-4-2-5-9-14/h2-12H,13H2,1H3/b16-12-. The quantitative estimate of drug-likeness (QED) is 0.452. The van der Waals surface area contributed by atoms with Crippen LogP contribution in [-0.4, -0.2) is 19.5 Å². The van der Waals surface area contributed by atoms with Crippen molar-refractivity contribution in [2.45, 2.75) is 4.90 Å². The number of allylic oxidation sites excluding steroid dienone is 1. The Bertz CT molecular complexity index is 576. The number of Topliss-reactive ketones (excluding diaryl/α,β-unsaturated/α-hetero) is 1. The lowest BCUT2D eigenvalue weighted by Gasteiger charge is -2.07. The molecule has 0 fully saturated rings. The Kier molecular flexibility index (Phi) is 5.59. The summed E-state index contributed by atoms with van der Waals surface area (Å²) in [5.41, 5.74) is 0.693. The number of benzene rings is 2. The molecule has 3 heteroatoms. The second-order valence-corrected chi connectivity index (χ2v) is 5.25. The van der Waals surface area contributed by atoms with Gasteiger partial charge in [-0.1, -0.05) is 60.3 Å². The summed E-state index contributed by atoms with van der Waals surface area (Å²) in [4.78, 5) is 14.2. The first-order chi connectivity index (χ1) is 9.81. The number of hydrogen-bond donors (Lipinski definition) is 0. The Balaban J connectivity index is 2.22. The van der Waals surface area contributed by atoms with E-state index in [1.165, 1.54) is 11.8 Å². The zero-order chi connectivity index (χ0) is 14.2. The van der Waals surface area contributed by atoms with Gasteiger partial charge < -0.3 is 4.74 Å². The number of rotatable bonds is 6. The predicted molar refractivity (Wildman–Crippen MR) is 83.0 cm³/mol. The molecule has 0 atom stereocenters. The average molecular weight is 284 g/mol. The molecule has 0 aliphatic heterocycles. The second kappa shape index (κ2) is 7.68. The van der Waals surface area contributed by atoms with Crippen molar-refractivity contribution in [2.75, 3.05) is 13.7 Å². The van der Waals surface area contributed by atoms with Crippen molar-refractivity contribution in [1.29, 1.82) is 0 Å². The minimum Gasteiger partial charge on any atom is -0.381 e.